The lowest BCUT2D eigenvalue weighted by atomic mass is 10.1. The molecule has 0 bridgehead atoms. The van der Waals surface area contributed by atoms with Crippen molar-refractivity contribution in [3.63, 3.8) is 0 Å². The van der Waals surface area contributed by atoms with E-state index in [1.54, 1.807) is 0 Å². The summed E-state index contributed by atoms with van der Waals surface area (Å²) in [6, 6.07) is 0.364. The molecule has 1 saturated carbocycles. The zero-order valence-corrected chi connectivity index (χ0v) is 14.9. The molecule has 0 unspecified atom stereocenters. The van der Waals surface area contributed by atoms with Crippen LogP contribution in [0, 0.1) is 5.92 Å². The van der Waals surface area contributed by atoms with Crippen LogP contribution in [0.2, 0.25) is 0 Å². The zero-order chi connectivity index (χ0) is 16.4. The molecule has 2 aliphatic rings. The van der Waals surface area contributed by atoms with Crippen molar-refractivity contribution in [2.24, 2.45) is 5.92 Å². The number of piperidine rings is 1. The van der Waals surface area contributed by atoms with Gasteiger partial charge in [-0.05, 0) is 38.1 Å². The Morgan fingerprint density at radius 1 is 1.25 bits per heavy atom. The van der Waals surface area contributed by atoms with Gasteiger partial charge in [0, 0.05) is 25.3 Å². The average molecular weight is 385 g/mol. The van der Waals surface area contributed by atoms with E-state index < -0.39 is 23.0 Å². The Hall–Kier alpha value is -0.770. The fourth-order valence-electron chi connectivity index (χ4n) is 2.82. The van der Waals surface area contributed by atoms with Crippen LogP contribution in [-0.2, 0) is 16.6 Å². The van der Waals surface area contributed by atoms with E-state index in [0.29, 0.717) is 19.1 Å². The van der Waals surface area contributed by atoms with Crippen LogP contribution in [-0.4, -0.2) is 54.6 Å². The fraction of sp³-hybridized carbons (Fsp3) is 0.786. The van der Waals surface area contributed by atoms with Gasteiger partial charge in [0.25, 0.3) is 6.43 Å². The lowest BCUT2D eigenvalue weighted by Crippen LogP contribution is -2.45. The molecular formula is C14H23ClF2N4O2S. The Balaban J connectivity index is 0.00000208. The number of aromatic nitrogens is 2. The number of nitrogens with zero attached hydrogens (tertiary/aromatic N) is 3. The molecule has 0 aromatic carbocycles. The summed E-state index contributed by atoms with van der Waals surface area (Å²) < 4.78 is 52.1. The average Bonchev–Trinajstić information content (AvgIpc) is 3.22. The SMILES string of the molecule is Cl.O=S(=O)(c1cnn(CC(F)F)c1)N1CCC(NCC2CC2)CC1. The van der Waals surface area contributed by atoms with Crippen LogP contribution in [0.3, 0.4) is 0 Å². The van der Waals surface area contributed by atoms with Gasteiger partial charge in [-0.15, -0.1) is 12.4 Å². The molecule has 1 aliphatic carbocycles. The van der Waals surface area contributed by atoms with Gasteiger partial charge in [0.2, 0.25) is 10.0 Å². The highest BCUT2D eigenvalue weighted by atomic mass is 35.5. The Morgan fingerprint density at radius 2 is 1.92 bits per heavy atom. The molecule has 1 saturated heterocycles. The number of hydrogen-bond donors (Lipinski definition) is 1. The van der Waals surface area contributed by atoms with Crippen molar-refractivity contribution in [3.05, 3.63) is 12.4 Å². The summed E-state index contributed by atoms with van der Waals surface area (Å²) in [5.41, 5.74) is 0. The quantitative estimate of drug-likeness (QED) is 0.777. The predicted octanol–water partition coefficient (Wildman–Crippen LogP) is 1.72. The fourth-order valence-corrected chi connectivity index (χ4v) is 4.25. The monoisotopic (exact) mass is 384 g/mol. The molecule has 0 atom stereocenters. The molecule has 2 heterocycles. The third kappa shape index (κ3) is 4.87. The lowest BCUT2D eigenvalue weighted by Gasteiger charge is -2.31. The maximum Gasteiger partial charge on any atom is 0.257 e. The van der Waals surface area contributed by atoms with Gasteiger partial charge in [-0.2, -0.15) is 9.40 Å². The highest BCUT2D eigenvalue weighted by molar-refractivity contribution is 7.89. The summed E-state index contributed by atoms with van der Waals surface area (Å²) in [6.07, 6.45) is 3.91. The van der Waals surface area contributed by atoms with E-state index in [1.807, 2.05) is 0 Å². The molecule has 138 valence electrons. The van der Waals surface area contributed by atoms with Crippen molar-refractivity contribution in [3.8, 4) is 0 Å². The van der Waals surface area contributed by atoms with E-state index in [9.17, 15) is 17.2 Å². The van der Waals surface area contributed by atoms with Gasteiger partial charge in [0.1, 0.15) is 11.4 Å². The Bertz CT molecular complexity index is 628. The third-order valence-electron chi connectivity index (χ3n) is 4.42. The first kappa shape index (κ1) is 19.6. The molecule has 1 N–H and O–H groups in total. The van der Waals surface area contributed by atoms with Crippen LogP contribution in [0.15, 0.2) is 17.3 Å². The smallest absolute Gasteiger partial charge is 0.257 e. The van der Waals surface area contributed by atoms with Gasteiger partial charge >= 0.3 is 0 Å². The normalized spacial score (nSPS) is 20.3. The Morgan fingerprint density at radius 3 is 2.50 bits per heavy atom. The first-order valence-electron chi connectivity index (χ1n) is 7.99. The highest BCUT2D eigenvalue weighted by Gasteiger charge is 2.31. The summed E-state index contributed by atoms with van der Waals surface area (Å²) >= 11 is 0. The van der Waals surface area contributed by atoms with E-state index in [0.717, 1.165) is 36.2 Å². The molecule has 2 fully saturated rings. The maximum atomic E-state index is 12.5. The van der Waals surface area contributed by atoms with E-state index in [4.69, 9.17) is 0 Å². The molecule has 0 amide bonds. The summed E-state index contributed by atoms with van der Waals surface area (Å²) in [5, 5.41) is 7.21. The second-order valence-electron chi connectivity index (χ2n) is 6.32. The second kappa shape index (κ2) is 8.07. The molecule has 3 rings (SSSR count). The van der Waals surface area contributed by atoms with Gasteiger partial charge in [0.05, 0.1) is 6.20 Å². The van der Waals surface area contributed by atoms with Crippen LogP contribution in [0.1, 0.15) is 25.7 Å². The van der Waals surface area contributed by atoms with Crippen LogP contribution >= 0.6 is 12.4 Å². The van der Waals surface area contributed by atoms with Crippen LogP contribution < -0.4 is 5.32 Å². The summed E-state index contributed by atoms with van der Waals surface area (Å²) in [7, 11) is -3.64. The maximum absolute atomic E-state index is 12.5. The molecule has 1 aromatic rings. The molecular weight excluding hydrogens is 362 g/mol. The van der Waals surface area contributed by atoms with Gasteiger partial charge in [-0.1, -0.05) is 0 Å². The van der Waals surface area contributed by atoms with Crippen molar-refractivity contribution < 1.29 is 17.2 Å². The first-order chi connectivity index (χ1) is 10.9. The number of hydrogen-bond acceptors (Lipinski definition) is 4. The topological polar surface area (TPSA) is 67.2 Å². The van der Waals surface area contributed by atoms with Crippen molar-refractivity contribution >= 4 is 22.4 Å². The third-order valence-corrected chi connectivity index (χ3v) is 6.27. The van der Waals surface area contributed by atoms with Gasteiger partial charge in [-0.25, -0.2) is 17.2 Å². The number of sulfonamides is 1. The first-order valence-corrected chi connectivity index (χ1v) is 9.43. The van der Waals surface area contributed by atoms with Crippen LogP contribution in [0.4, 0.5) is 8.78 Å². The van der Waals surface area contributed by atoms with Crippen molar-refractivity contribution in [2.45, 2.75) is 49.6 Å². The van der Waals surface area contributed by atoms with Crippen LogP contribution in [0.25, 0.3) is 0 Å². The largest absolute Gasteiger partial charge is 0.314 e. The van der Waals surface area contributed by atoms with Crippen LogP contribution in [0.5, 0.6) is 0 Å². The minimum absolute atomic E-state index is 0. The van der Waals surface area contributed by atoms with Gasteiger partial charge in [-0.3, -0.25) is 4.68 Å². The minimum atomic E-state index is -3.64. The Kier molecular flexibility index (Phi) is 6.58. The summed E-state index contributed by atoms with van der Waals surface area (Å²) in [6.45, 7) is 1.33. The molecule has 0 spiro atoms. The molecule has 24 heavy (non-hydrogen) atoms. The molecule has 10 heteroatoms. The molecule has 0 radical (unpaired) electrons. The van der Waals surface area contributed by atoms with E-state index in [2.05, 4.69) is 10.4 Å². The number of rotatable bonds is 7. The second-order valence-corrected chi connectivity index (χ2v) is 8.26. The minimum Gasteiger partial charge on any atom is -0.314 e. The number of nitrogens with one attached hydrogen (secondary N) is 1. The molecule has 1 aliphatic heterocycles. The van der Waals surface area contributed by atoms with E-state index in [-0.39, 0.29) is 17.3 Å². The Labute approximate surface area is 147 Å². The standard InChI is InChI=1S/C14H22F2N4O2S.ClH/c15-14(16)10-19-9-13(8-18-19)23(21,22)20-5-3-12(4-6-20)17-7-11-1-2-11;/h8-9,11-12,14,17H,1-7,10H2;1H. The number of halogens is 3. The van der Waals surface area contributed by atoms with E-state index >= 15 is 0 Å². The summed E-state index contributed by atoms with van der Waals surface area (Å²) in [4.78, 5) is -0.0115. The zero-order valence-electron chi connectivity index (χ0n) is 13.3. The van der Waals surface area contributed by atoms with Crippen molar-refractivity contribution in [1.82, 2.24) is 19.4 Å². The molecule has 1 aromatic heterocycles. The van der Waals surface area contributed by atoms with E-state index in [1.165, 1.54) is 23.3 Å². The highest BCUT2D eigenvalue weighted by Crippen LogP contribution is 2.28. The van der Waals surface area contributed by atoms with Crippen molar-refractivity contribution in [1.29, 1.82) is 0 Å². The predicted molar refractivity (Wildman–Crippen MR) is 88.0 cm³/mol. The van der Waals surface area contributed by atoms with Gasteiger partial charge < -0.3 is 5.32 Å². The lowest BCUT2D eigenvalue weighted by molar-refractivity contribution is 0.121. The van der Waals surface area contributed by atoms with Gasteiger partial charge in [0.15, 0.2) is 0 Å². The molecule has 6 nitrogen and oxygen atoms in total. The van der Waals surface area contributed by atoms with Crippen molar-refractivity contribution in [2.75, 3.05) is 19.6 Å². The summed E-state index contributed by atoms with van der Waals surface area (Å²) in [5.74, 6) is 0.803. The number of alkyl halides is 2.